The van der Waals surface area contributed by atoms with Gasteiger partial charge in [0.2, 0.25) is 0 Å². The van der Waals surface area contributed by atoms with Crippen molar-refractivity contribution in [1.29, 1.82) is 0 Å². The second-order valence-electron chi connectivity index (χ2n) is 5.43. The number of nitro benzene ring substituents is 1. The van der Waals surface area contributed by atoms with Crippen molar-refractivity contribution in [2.24, 2.45) is 4.99 Å². The molecule has 0 aromatic heterocycles. The number of hydrogen-bond acceptors (Lipinski definition) is 5. The Hall–Kier alpha value is -2.19. The Kier molecular flexibility index (Phi) is 9.40. The lowest BCUT2D eigenvalue weighted by atomic mass is 10.2. The zero-order valence-electron chi connectivity index (χ0n) is 14.6. The van der Waals surface area contributed by atoms with Gasteiger partial charge in [0.15, 0.2) is 5.96 Å². The minimum absolute atomic E-state index is 0.0925. The molecule has 2 N–H and O–H groups in total. The summed E-state index contributed by atoms with van der Waals surface area (Å²) in [5.41, 5.74) is 0.929. The Morgan fingerprint density at radius 3 is 2.83 bits per heavy atom. The summed E-state index contributed by atoms with van der Waals surface area (Å²) in [5.74, 6) is 0.673. The Morgan fingerprint density at radius 1 is 1.38 bits per heavy atom. The molecule has 0 unspecified atom stereocenters. The number of benzene rings is 1. The predicted octanol–water partition coefficient (Wildman–Crippen LogP) is 1.23. The van der Waals surface area contributed by atoms with Crippen molar-refractivity contribution >= 4 is 11.6 Å². The van der Waals surface area contributed by atoms with Gasteiger partial charge in [-0.1, -0.05) is 12.1 Å². The number of hydrogen-bond donors (Lipinski definition) is 2. The molecule has 0 heterocycles. The summed E-state index contributed by atoms with van der Waals surface area (Å²) in [6, 6.07) is 6.57. The van der Waals surface area contributed by atoms with E-state index in [0.717, 1.165) is 38.2 Å². The van der Waals surface area contributed by atoms with E-state index in [1.807, 2.05) is 6.07 Å². The lowest BCUT2D eigenvalue weighted by molar-refractivity contribution is -0.384. The van der Waals surface area contributed by atoms with Crippen molar-refractivity contribution in [1.82, 2.24) is 15.5 Å². The first-order chi connectivity index (χ1) is 11.6. The quantitative estimate of drug-likeness (QED) is 0.219. The standard InChI is InChI=1S/C16H27N5O3/c1-17-16(18-8-10-20(2)9-5-11-24-3)19-13-14-6-4-7-15(12-14)21(22)23/h4,6-7,12H,5,8-11,13H2,1-3H3,(H2,17,18,19). The van der Waals surface area contributed by atoms with Gasteiger partial charge < -0.3 is 20.3 Å². The normalized spacial score (nSPS) is 11.6. The van der Waals surface area contributed by atoms with Crippen LogP contribution in [0.2, 0.25) is 0 Å². The molecule has 0 fully saturated rings. The molecule has 0 radical (unpaired) electrons. The van der Waals surface area contributed by atoms with Crippen LogP contribution in [-0.4, -0.2) is 63.2 Å². The van der Waals surface area contributed by atoms with E-state index in [4.69, 9.17) is 4.74 Å². The number of methoxy groups -OCH3 is 1. The van der Waals surface area contributed by atoms with Gasteiger partial charge in [0.05, 0.1) is 4.92 Å². The van der Waals surface area contributed by atoms with Gasteiger partial charge >= 0.3 is 0 Å². The highest BCUT2D eigenvalue weighted by atomic mass is 16.6. The molecular formula is C16H27N5O3. The number of aliphatic imine (C=N–C) groups is 1. The van der Waals surface area contributed by atoms with E-state index in [2.05, 4.69) is 27.6 Å². The molecule has 134 valence electrons. The first-order valence-electron chi connectivity index (χ1n) is 7.92. The topological polar surface area (TPSA) is 92.0 Å². The molecule has 8 heteroatoms. The number of rotatable bonds is 10. The zero-order chi connectivity index (χ0) is 17.8. The molecule has 1 aromatic rings. The third kappa shape index (κ3) is 7.89. The summed E-state index contributed by atoms with van der Waals surface area (Å²) in [7, 11) is 5.47. The van der Waals surface area contributed by atoms with Crippen LogP contribution in [0, 0.1) is 10.1 Å². The maximum atomic E-state index is 10.8. The van der Waals surface area contributed by atoms with Crippen LogP contribution < -0.4 is 10.6 Å². The monoisotopic (exact) mass is 337 g/mol. The molecule has 0 amide bonds. The van der Waals surface area contributed by atoms with Crippen molar-refractivity contribution in [3.8, 4) is 0 Å². The van der Waals surface area contributed by atoms with Crippen LogP contribution in [-0.2, 0) is 11.3 Å². The molecule has 1 rings (SSSR count). The fraction of sp³-hybridized carbons (Fsp3) is 0.562. The number of nitrogens with one attached hydrogen (secondary N) is 2. The molecule has 0 aliphatic rings. The molecule has 0 bridgehead atoms. The molecule has 0 atom stereocenters. The fourth-order valence-corrected chi connectivity index (χ4v) is 2.14. The van der Waals surface area contributed by atoms with Crippen LogP contribution in [0.3, 0.4) is 0 Å². The number of guanidine groups is 1. The van der Waals surface area contributed by atoms with Gasteiger partial charge in [0, 0.05) is 59.1 Å². The fourth-order valence-electron chi connectivity index (χ4n) is 2.14. The van der Waals surface area contributed by atoms with Crippen molar-refractivity contribution in [2.75, 3.05) is 47.4 Å². The second-order valence-corrected chi connectivity index (χ2v) is 5.43. The van der Waals surface area contributed by atoms with Crippen LogP contribution >= 0.6 is 0 Å². The van der Waals surface area contributed by atoms with E-state index in [-0.39, 0.29) is 5.69 Å². The smallest absolute Gasteiger partial charge is 0.269 e. The van der Waals surface area contributed by atoms with E-state index < -0.39 is 4.92 Å². The van der Waals surface area contributed by atoms with E-state index >= 15 is 0 Å². The van der Waals surface area contributed by atoms with Crippen LogP contribution in [0.1, 0.15) is 12.0 Å². The molecule has 1 aromatic carbocycles. The van der Waals surface area contributed by atoms with E-state index in [1.54, 1.807) is 26.3 Å². The predicted molar refractivity (Wildman–Crippen MR) is 95.3 cm³/mol. The average Bonchev–Trinajstić information content (AvgIpc) is 2.58. The van der Waals surface area contributed by atoms with Crippen molar-refractivity contribution in [2.45, 2.75) is 13.0 Å². The molecule has 0 spiro atoms. The Labute approximate surface area is 143 Å². The number of nitro groups is 1. The summed E-state index contributed by atoms with van der Waals surface area (Å²) in [5, 5.41) is 17.2. The second kappa shape index (κ2) is 11.4. The highest BCUT2D eigenvalue weighted by Crippen LogP contribution is 2.12. The number of nitrogens with zero attached hydrogens (tertiary/aromatic N) is 3. The third-order valence-corrected chi connectivity index (χ3v) is 3.48. The van der Waals surface area contributed by atoms with Gasteiger partial charge in [-0.2, -0.15) is 0 Å². The zero-order valence-corrected chi connectivity index (χ0v) is 14.6. The Morgan fingerprint density at radius 2 is 2.17 bits per heavy atom. The summed E-state index contributed by atoms with van der Waals surface area (Å²) >= 11 is 0. The van der Waals surface area contributed by atoms with Crippen LogP contribution in [0.15, 0.2) is 29.3 Å². The van der Waals surface area contributed by atoms with E-state index in [1.165, 1.54) is 6.07 Å². The number of likely N-dealkylation sites (N-methyl/N-ethyl adjacent to an activating group) is 1. The first-order valence-corrected chi connectivity index (χ1v) is 7.92. The van der Waals surface area contributed by atoms with E-state index in [9.17, 15) is 10.1 Å². The van der Waals surface area contributed by atoms with Crippen molar-refractivity contribution in [3.05, 3.63) is 39.9 Å². The van der Waals surface area contributed by atoms with E-state index in [0.29, 0.717) is 12.5 Å². The summed E-state index contributed by atoms with van der Waals surface area (Å²) in [6.45, 7) is 3.88. The molecule has 0 saturated carbocycles. The van der Waals surface area contributed by atoms with Gasteiger partial charge in [-0.25, -0.2) is 0 Å². The highest BCUT2D eigenvalue weighted by Gasteiger charge is 2.06. The molecular weight excluding hydrogens is 310 g/mol. The average molecular weight is 337 g/mol. The van der Waals surface area contributed by atoms with Crippen molar-refractivity contribution < 1.29 is 9.66 Å². The lowest BCUT2D eigenvalue weighted by Crippen LogP contribution is -2.40. The molecule has 0 saturated heterocycles. The largest absolute Gasteiger partial charge is 0.385 e. The number of ether oxygens (including phenoxy) is 1. The highest BCUT2D eigenvalue weighted by molar-refractivity contribution is 5.79. The molecule has 0 aliphatic carbocycles. The summed E-state index contributed by atoms with van der Waals surface area (Å²) in [6.07, 6.45) is 1.01. The van der Waals surface area contributed by atoms with Gasteiger partial charge in [-0.15, -0.1) is 0 Å². The lowest BCUT2D eigenvalue weighted by Gasteiger charge is -2.18. The van der Waals surface area contributed by atoms with Gasteiger partial charge in [0.1, 0.15) is 0 Å². The molecule has 24 heavy (non-hydrogen) atoms. The minimum Gasteiger partial charge on any atom is -0.385 e. The van der Waals surface area contributed by atoms with Crippen LogP contribution in [0.5, 0.6) is 0 Å². The molecule has 8 nitrogen and oxygen atoms in total. The maximum absolute atomic E-state index is 10.8. The summed E-state index contributed by atoms with van der Waals surface area (Å²) < 4.78 is 5.04. The first kappa shape index (κ1) is 19.9. The Balaban J connectivity index is 2.32. The van der Waals surface area contributed by atoms with Gasteiger partial charge in [-0.05, 0) is 19.0 Å². The Bertz CT molecular complexity index is 536. The van der Waals surface area contributed by atoms with Crippen molar-refractivity contribution in [3.63, 3.8) is 0 Å². The molecule has 0 aliphatic heterocycles. The third-order valence-electron chi connectivity index (χ3n) is 3.48. The SMILES string of the molecule is CN=C(NCCN(C)CCCOC)NCc1cccc([N+](=O)[O-])c1. The number of non-ortho nitro benzene ring substituents is 1. The van der Waals surface area contributed by atoms with Crippen LogP contribution in [0.4, 0.5) is 5.69 Å². The van der Waals surface area contributed by atoms with Crippen LogP contribution in [0.25, 0.3) is 0 Å². The maximum Gasteiger partial charge on any atom is 0.269 e. The summed E-state index contributed by atoms with van der Waals surface area (Å²) in [4.78, 5) is 16.8. The van der Waals surface area contributed by atoms with Gasteiger partial charge in [0.25, 0.3) is 5.69 Å². The van der Waals surface area contributed by atoms with Gasteiger partial charge in [-0.3, -0.25) is 15.1 Å². The minimum atomic E-state index is -0.393.